The predicted octanol–water partition coefficient (Wildman–Crippen LogP) is 4.88. The van der Waals surface area contributed by atoms with Crippen molar-refractivity contribution < 1.29 is 18.4 Å². The second-order valence-electron chi connectivity index (χ2n) is 7.98. The second-order valence-corrected chi connectivity index (χ2v) is 7.98. The molecular weight excluding hydrogens is 392 g/mol. The molecule has 1 unspecified atom stereocenters. The van der Waals surface area contributed by atoms with E-state index in [2.05, 4.69) is 12.2 Å². The molecule has 1 atom stereocenters. The Hall–Kier alpha value is -3.28. The molecule has 1 saturated carbocycles. The van der Waals surface area contributed by atoms with Crippen molar-refractivity contribution in [3.8, 4) is 0 Å². The first-order valence-corrected chi connectivity index (χ1v) is 10.9. The standard InChI is InChI=1S/C25H28N2O4/c1-2-18-11-13-19(14-12-18)23(24(28)26-20-7-3-4-8-20)27(17-21-9-5-15-30-21)25(29)22-10-6-16-31-22/h5-6,9-16,20,23H,2-4,7-8,17H2,1H3,(H,26,28). The van der Waals surface area contributed by atoms with Crippen LogP contribution in [-0.2, 0) is 17.8 Å². The number of benzene rings is 1. The Kier molecular flexibility index (Phi) is 6.55. The zero-order chi connectivity index (χ0) is 21.6. The molecule has 0 saturated heterocycles. The zero-order valence-electron chi connectivity index (χ0n) is 17.8. The number of amides is 2. The maximum absolute atomic E-state index is 13.5. The van der Waals surface area contributed by atoms with Gasteiger partial charge in [-0.15, -0.1) is 0 Å². The summed E-state index contributed by atoms with van der Waals surface area (Å²) in [7, 11) is 0. The summed E-state index contributed by atoms with van der Waals surface area (Å²) in [5, 5.41) is 3.17. The molecule has 4 rings (SSSR count). The lowest BCUT2D eigenvalue weighted by Gasteiger charge is -2.31. The van der Waals surface area contributed by atoms with E-state index in [9.17, 15) is 9.59 Å². The molecule has 6 nitrogen and oxygen atoms in total. The average molecular weight is 421 g/mol. The summed E-state index contributed by atoms with van der Waals surface area (Å²) >= 11 is 0. The van der Waals surface area contributed by atoms with Gasteiger partial charge in [0.25, 0.3) is 5.91 Å². The van der Waals surface area contributed by atoms with E-state index in [4.69, 9.17) is 8.83 Å². The smallest absolute Gasteiger partial charge is 0.290 e. The number of nitrogens with one attached hydrogen (secondary N) is 1. The van der Waals surface area contributed by atoms with Crippen molar-refractivity contribution in [3.63, 3.8) is 0 Å². The number of hydrogen-bond donors (Lipinski definition) is 1. The summed E-state index contributed by atoms with van der Waals surface area (Å²) in [6.45, 7) is 2.24. The van der Waals surface area contributed by atoms with Crippen molar-refractivity contribution in [2.45, 2.75) is 57.7 Å². The lowest BCUT2D eigenvalue weighted by atomic mass is 10.0. The Morgan fingerprint density at radius 3 is 2.35 bits per heavy atom. The molecule has 2 heterocycles. The molecule has 1 N–H and O–H groups in total. The van der Waals surface area contributed by atoms with Crippen LogP contribution in [-0.4, -0.2) is 22.8 Å². The monoisotopic (exact) mass is 420 g/mol. The lowest BCUT2D eigenvalue weighted by Crippen LogP contribution is -2.45. The topological polar surface area (TPSA) is 75.7 Å². The van der Waals surface area contributed by atoms with E-state index < -0.39 is 6.04 Å². The van der Waals surface area contributed by atoms with Gasteiger partial charge in [0.15, 0.2) is 5.76 Å². The fourth-order valence-electron chi connectivity index (χ4n) is 4.15. The van der Waals surface area contributed by atoms with Crippen LogP contribution >= 0.6 is 0 Å². The first kappa shape index (κ1) is 21.0. The minimum Gasteiger partial charge on any atom is -0.467 e. The van der Waals surface area contributed by atoms with Crippen LogP contribution in [0.1, 0.15) is 66.1 Å². The molecule has 3 aromatic rings. The van der Waals surface area contributed by atoms with Crippen LogP contribution < -0.4 is 5.32 Å². The van der Waals surface area contributed by atoms with Gasteiger partial charge in [0.2, 0.25) is 5.91 Å². The highest BCUT2D eigenvalue weighted by atomic mass is 16.3. The molecule has 1 aliphatic carbocycles. The Labute approximate surface area is 182 Å². The first-order chi connectivity index (χ1) is 15.2. The van der Waals surface area contributed by atoms with E-state index in [1.165, 1.54) is 16.7 Å². The summed E-state index contributed by atoms with van der Waals surface area (Å²) in [5.41, 5.74) is 1.94. The predicted molar refractivity (Wildman–Crippen MR) is 116 cm³/mol. The largest absolute Gasteiger partial charge is 0.467 e. The van der Waals surface area contributed by atoms with E-state index in [0.717, 1.165) is 37.7 Å². The van der Waals surface area contributed by atoms with E-state index in [1.54, 1.807) is 30.5 Å². The Morgan fingerprint density at radius 2 is 1.74 bits per heavy atom. The Morgan fingerprint density at radius 1 is 1.03 bits per heavy atom. The van der Waals surface area contributed by atoms with E-state index in [-0.39, 0.29) is 30.2 Å². The summed E-state index contributed by atoms with van der Waals surface area (Å²) in [6, 6.07) is 14.1. The highest BCUT2D eigenvalue weighted by Gasteiger charge is 2.35. The average Bonchev–Trinajstić information content (AvgIpc) is 3.57. The third-order valence-electron chi connectivity index (χ3n) is 5.86. The van der Waals surface area contributed by atoms with Crippen molar-refractivity contribution in [1.82, 2.24) is 10.2 Å². The highest BCUT2D eigenvalue weighted by molar-refractivity contribution is 5.96. The maximum atomic E-state index is 13.5. The summed E-state index contributed by atoms with van der Waals surface area (Å²) < 4.78 is 10.9. The van der Waals surface area contributed by atoms with Crippen LogP contribution in [0.2, 0.25) is 0 Å². The van der Waals surface area contributed by atoms with E-state index >= 15 is 0 Å². The van der Waals surface area contributed by atoms with Gasteiger partial charge in [0.1, 0.15) is 11.8 Å². The fourth-order valence-corrected chi connectivity index (χ4v) is 4.15. The quantitative estimate of drug-likeness (QED) is 0.564. The number of aryl methyl sites for hydroxylation is 1. The molecule has 1 aliphatic rings. The Bertz CT molecular complexity index is 971. The van der Waals surface area contributed by atoms with Crippen LogP contribution in [0.3, 0.4) is 0 Å². The third kappa shape index (κ3) is 4.90. The van der Waals surface area contributed by atoms with Crippen LogP contribution in [0.4, 0.5) is 0 Å². The molecule has 0 bridgehead atoms. The van der Waals surface area contributed by atoms with E-state index in [0.29, 0.717) is 5.76 Å². The molecule has 2 amide bonds. The number of carbonyl (C=O) groups is 2. The molecule has 1 fully saturated rings. The maximum Gasteiger partial charge on any atom is 0.290 e. The Balaban J connectivity index is 1.71. The molecule has 0 aliphatic heterocycles. The molecule has 0 radical (unpaired) electrons. The highest BCUT2D eigenvalue weighted by Crippen LogP contribution is 2.28. The van der Waals surface area contributed by atoms with Gasteiger partial charge in [0.05, 0.1) is 19.1 Å². The van der Waals surface area contributed by atoms with Gasteiger partial charge < -0.3 is 19.1 Å². The number of rotatable bonds is 8. The van der Waals surface area contributed by atoms with Crippen LogP contribution in [0.25, 0.3) is 0 Å². The van der Waals surface area contributed by atoms with Gasteiger partial charge >= 0.3 is 0 Å². The minimum atomic E-state index is -0.797. The van der Waals surface area contributed by atoms with Gasteiger partial charge in [-0.05, 0) is 54.7 Å². The van der Waals surface area contributed by atoms with E-state index in [1.807, 2.05) is 24.3 Å². The van der Waals surface area contributed by atoms with Crippen LogP contribution in [0, 0.1) is 0 Å². The molecule has 1 aromatic carbocycles. The van der Waals surface area contributed by atoms with Crippen LogP contribution in [0.15, 0.2) is 69.9 Å². The molecule has 31 heavy (non-hydrogen) atoms. The number of nitrogens with zero attached hydrogens (tertiary/aromatic N) is 1. The normalized spacial score (nSPS) is 15.0. The summed E-state index contributed by atoms with van der Waals surface area (Å²) in [4.78, 5) is 28.5. The van der Waals surface area contributed by atoms with Crippen molar-refractivity contribution in [1.29, 1.82) is 0 Å². The summed E-state index contributed by atoms with van der Waals surface area (Å²) in [6.07, 6.45) is 8.09. The second kappa shape index (κ2) is 9.69. The van der Waals surface area contributed by atoms with Crippen molar-refractivity contribution >= 4 is 11.8 Å². The molecule has 6 heteroatoms. The minimum absolute atomic E-state index is 0.147. The van der Waals surface area contributed by atoms with Gasteiger partial charge in [-0.1, -0.05) is 44.0 Å². The number of carbonyl (C=O) groups excluding carboxylic acids is 2. The molecule has 2 aromatic heterocycles. The van der Waals surface area contributed by atoms with Crippen molar-refractivity contribution in [2.24, 2.45) is 0 Å². The van der Waals surface area contributed by atoms with Crippen LogP contribution in [0.5, 0.6) is 0 Å². The fraction of sp³-hybridized carbons (Fsp3) is 0.360. The SMILES string of the molecule is CCc1ccc(C(C(=O)NC2CCCC2)N(Cc2ccco2)C(=O)c2ccco2)cc1. The lowest BCUT2D eigenvalue weighted by molar-refractivity contribution is -0.126. The first-order valence-electron chi connectivity index (χ1n) is 10.9. The van der Waals surface area contributed by atoms with Gasteiger partial charge in [-0.3, -0.25) is 9.59 Å². The summed E-state index contributed by atoms with van der Waals surface area (Å²) in [5.74, 6) is 0.259. The van der Waals surface area contributed by atoms with Crippen molar-refractivity contribution in [2.75, 3.05) is 0 Å². The van der Waals surface area contributed by atoms with Gasteiger partial charge in [0, 0.05) is 6.04 Å². The van der Waals surface area contributed by atoms with Gasteiger partial charge in [-0.2, -0.15) is 0 Å². The number of furan rings is 2. The zero-order valence-corrected chi connectivity index (χ0v) is 17.8. The van der Waals surface area contributed by atoms with Gasteiger partial charge in [-0.25, -0.2) is 0 Å². The number of hydrogen-bond acceptors (Lipinski definition) is 4. The molecular formula is C25H28N2O4. The molecule has 0 spiro atoms. The van der Waals surface area contributed by atoms with Crippen molar-refractivity contribution in [3.05, 3.63) is 83.7 Å². The molecule has 162 valence electrons. The third-order valence-corrected chi connectivity index (χ3v) is 5.86.